The molecule has 0 unspecified atom stereocenters. The van der Waals surface area contributed by atoms with Gasteiger partial charge >= 0.3 is 0 Å². The number of rotatable bonds is 4. The molecule has 2 rings (SSSR count). The molecule has 21 heavy (non-hydrogen) atoms. The van der Waals surface area contributed by atoms with Crippen LogP contribution in [0.3, 0.4) is 0 Å². The van der Waals surface area contributed by atoms with E-state index in [1.54, 1.807) is 17.4 Å². The van der Waals surface area contributed by atoms with Gasteiger partial charge in [-0.3, -0.25) is 9.97 Å². The lowest BCUT2D eigenvalue weighted by Crippen LogP contribution is -2.31. The number of hydrogen-bond acceptors (Lipinski definition) is 4. The van der Waals surface area contributed by atoms with Gasteiger partial charge in [0.25, 0.3) is 0 Å². The van der Waals surface area contributed by atoms with Crippen molar-refractivity contribution in [2.45, 2.75) is 20.4 Å². The zero-order valence-corrected chi connectivity index (χ0v) is 12.8. The van der Waals surface area contributed by atoms with Crippen LogP contribution in [-0.4, -0.2) is 25.8 Å². The van der Waals surface area contributed by atoms with E-state index >= 15 is 0 Å². The van der Waals surface area contributed by atoms with Gasteiger partial charge < -0.3 is 5.73 Å². The molecule has 0 saturated heterocycles. The molecule has 0 spiro atoms. The SMILES string of the molecule is C/C(=N/N(Cc1ccccc1)C(N)=S)c1nccnc1C. The average Bonchev–Trinajstić information content (AvgIpc) is 2.48. The molecule has 0 bridgehead atoms. The fourth-order valence-electron chi connectivity index (χ4n) is 1.91. The van der Waals surface area contributed by atoms with Crippen molar-refractivity contribution in [2.75, 3.05) is 0 Å². The van der Waals surface area contributed by atoms with Crippen LogP contribution in [0.4, 0.5) is 0 Å². The summed E-state index contributed by atoms with van der Waals surface area (Å²) in [5, 5.41) is 6.30. The van der Waals surface area contributed by atoms with Crippen LogP contribution in [0.5, 0.6) is 0 Å². The maximum absolute atomic E-state index is 5.76. The molecule has 0 radical (unpaired) electrons. The Morgan fingerprint density at radius 2 is 1.90 bits per heavy atom. The number of hydrogen-bond donors (Lipinski definition) is 1. The van der Waals surface area contributed by atoms with Gasteiger partial charge in [0.1, 0.15) is 5.69 Å². The predicted molar refractivity (Wildman–Crippen MR) is 87.8 cm³/mol. The van der Waals surface area contributed by atoms with E-state index < -0.39 is 0 Å². The highest BCUT2D eigenvalue weighted by molar-refractivity contribution is 7.80. The summed E-state index contributed by atoms with van der Waals surface area (Å²) in [4.78, 5) is 8.50. The molecule has 6 heteroatoms. The monoisotopic (exact) mass is 299 g/mol. The zero-order valence-electron chi connectivity index (χ0n) is 12.0. The molecule has 0 aliphatic carbocycles. The van der Waals surface area contributed by atoms with E-state index in [0.29, 0.717) is 6.54 Å². The normalized spacial score (nSPS) is 11.2. The van der Waals surface area contributed by atoms with Gasteiger partial charge in [0.2, 0.25) is 0 Å². The summed E-state index contributed by atoms with van der Waals surface area (Å²) in [6.45, 7) is 4.28. The van der Waals surface area contributed by atoms with Crippen LogP contribution in [0.25, 0.3) is 0 Å². The molecule has 0 atom stereocenters. The van der Waals surface area contributed by atoms with Crippen LogP contribution in [0.2, 0.25) is 0 Å². The number of aryl methyl sites for hydroxylation is 1. The summed E-state index contributed by atoms with van der Waals surface area (Å²) in [5.74, 6) is 0. The summed E-state index contributed by atoms with van der Waals surface area (Å²) in [6, 6.07) is 9.91. The Bertz CT molecular complexity index is 654. The van der Waals surface area contributed by atoms with Gasteiger partial charge in [-0.1, -0.05) is 30.3 Å². The van der Waals surface area contributed by atoms with Crippen molar-refractivity contribution in [2.24, 2.45) is 10.8 Å². The minimum absolute atomic E-state index is 0.222. The average molecular weight is 299 g/mol. The van der Waals surface area contributed by atoms with Crippen LogP contribution in [0.1, 0.15) is 23.9 Å². The molecule has 0 amide bonds. The summed E-state index contributed by atoms with van der Waals surface area (Å²) in [7, 11) is 0. The smallest absolute Gasteiger partial charge is 0.187 e. The lowest BCUT2D eigenvalue weighted by atomic mass is 10.2. The van der Waals surface area contributed by atoms with E-state index in [9.17, 15) is 0 Å². The molecule has 0 saturated carbocycles. The first-order chi connectivity index (χ1) is 10.1. The van der Waals surface area contributed by atoms with Gasteiger partial charge in [0.05, 0.1) is 18.0 Å². The van der Waals surface area contributed by atoms with Crippen LogP contribution in [0, 0.1) is 6.92 Å². The Morgan fingerprint density at radius 1 is 1.24 bits per heavy atom. The van der Waals surface area contributed by atoms with Gasteiger partial charge in [0.15, 0.2) is 5.11 Å². The molecule has 0 fully saturated rings. The number of aromatic nitrogens is 2. The third-order valence-corrected chi connectivity index (χ3v) is 3.13. The standard InChI is InChI=1S/C15H17N5S/c1-11-14(18-9-8-17-11)12(2)19-20(15(16)21)10-13-6-4-3-5-7-13/h3-9H,10H2,1-2H3,(H2,16,21)/b19-12-. The Kier molecular flexibility index (Phi) is 4.94. The second-order valence-electron chi connectivity index (χ2n) is 4.56. The van der Waals surface area contributed by atoms with Crippen molar-refractivity contribution >= 4 is 23.0 Å². The molecule has 1 heterocycles. The minimum Gasteiger partial charge on any atom is -0.375 e. The van der Waals surface area contributed by atoms with Gasteiger partial charge in [0, 0.05) is 12.4 Å². The van der Waals surface area contributed by atoms with Crippen molar-refractivity contribution in [3.63, 3.8) is 0 Å². The van der Waals surface area contributed by atoms with Gasteiger partial charge in [-0.05, 0) is 31.6 Å². The van der Waals surface area contributed by atoms with E-state index in [4.69, 9.17) is 18.0 Å². The van der Waals surface area contributed by atoms with Crippen molar-refractivity contribution in [1.29, 1.82) is 0 Å². The van der Waals surface area contributed by atoms with E-state index in [1.807, 2.05) is 44.2 Å². The molecule has 5 nitrogen and oxygen atoms in total. The first-order valence-electron chi connectivity index (χ1n) is 6.52. The summed E-state index contributed by atoms with van der Waals surface area (Å²) in [5.41, 5.74) is 9.13. The Morgan fingerprint density at radius 3 is 2.52 bits per heavy atom. The lowest BCUT2D eigenvalue weighted by Gasteiger charge is -2.18. The zero-order chi connectivity index (χ0) is 15.2. The molecule has 2 N–H and O–H groups in total. The maximum atomic E-state index is 5.76. The van der Waals surface area contributed by atoms with E-state index in [0.717, 1.165) is 22.7 Å². The molecule has 0 aliphatic heterocycles. The third kappa shape index (κ3) is 4.06. The minimum atomic E-state index is 0.222. The molecular formula is C15H17N5S. The molecule has 0 aliphatic rings. The third-order valence-electron chi connectivity index (χ3n) is 2.92. The van der Waals surface area contributed by atoms with Gasteiger partial charge in [-0.25, -0.2) is 5.01 Å². The quantitative estimate of drug-likeness (QED) is 0.533. The van der Waals surface area contributed by atoms with Crippen LogP contribution < -0.4 is 5.73 Å². The van der Waals surface area contributed by atoms with E-state index in [1.165, 1.54) is 0 Å². The summed E-state index contributed by atoms with van der Waals surface area (Å²) < 4.78 is 0. The van der Waals surface area contributed by atoms with Crippen molar-refractivity contribution in [3.05, 3.63) is 59.7 Å². The Balaban J connectivity index is 2.25. The lowest BCUT2D eigenvalue weighted by molar-refractivity contribution is 0.442. The molecular weight excluding hydrogens is 282 g/mol. The first kappa shape index (κ1) is 15.1. The summed E-state index contributed by atoms with van der Waals surface area (Å²) >= 11 is 5.08. The second kappa shape index (κ2) is 6.90. The maximum Gasteiger partial charge on any atom is 0.187 e. The Hall–Kier alpha value is -2.34. The molecule has 1 aromatic heterocycles. The number of nitrogens with zero attached hydrogens (tertiary/aromatic N) is 4. The molecule has 2 aromatic rings. The molecule has 1 aromatic carbocycles. The van der Waals surface area contributed by atoms with Crippen LogP contribution in [0.15, 0.2) is 47.8 Å². The number of nitrogens with two attached hydrogens (primary N) is 1. The number of benzene rings is 1. The molecule has 108 valence electrons. The van der Waals surface area contributed by atoms with Crippen molar-refractivity contribution < 1.29 is 0 Å². The highest BCUT2D eigenvalue weighted by Gasteiger charge is 2.10. The highest BCUT2D eigenvalue weighted by atomic mass is 32.1. The predicted octanol–water partition coefficient (Wildman–Crippen LogP) is 2.25. The number of thiocarbonyl (C=S) groups is 1. The first-order valence-corrected chi connectivity index (χ1v) is 6.93. The highest BCUT2D eigenvalue weighted by Crippen LogP contribution is 2.08. The van der Waals surface area contributed by atoms with E-state index in [-0.39, 0.29) is 5.11 Å². The largest absolute Gasteiger partial charge is 0.375 e. The van der Waals surface area contributed by atoms with Crippen molar-refractivity contribution in [1.82, 2.24) is 15.0 Å². The van der Waals surface area contributed by atoms with Crippen LogP contribution >= 0.6 is 12.2 Å². The topological polar surface area (TPSA) is 67.4 Å². The van der Waals surface area contributed by atoms with E-state index in [2.05, 4.69) is 15.1 Å². The van der Waals surface area contributed by atoms with Gasteiger partial charge in [-0.2, -0.15) is 5.10 Å². The van der Waals surface area contributed by atoms with Crippen molar-refractivity contribution in [3.8, 4) is 0 Å². The van der Waals surface area contributed by atoms with Gasteiger partial charge in [-0.15, -0.1) is 0 Å². The summed E-state index contributed by atoms with van der Waals surface area (Å²) in [6.07, 6.45) is 3.30. The van der Waals surface area contributed by atoms with Crippen LogP contribution in [-0.2, 0) is 6.54 Å². The Labute approximate surface area is 129 Å². The number of hydrazone groups is 1. The fraction of sp³-hybridized carbons (Fsp3) is 0.200. The fourth-order valence-corrected chi connectivity index (χ4v) is 2.02. The second-order valence-corrected chi connectivity index (χ2v) is 4.98.